The number of carbonyl (C=O) groups is 2. The minimum Gasteiger partial charge on any atom is -0.507 e. The largest absolute Gasteiger partial charge is 0.507 e. The highest BCUT2D eigenvalue weighted by Gasteiger charge is 2.47. The van der Waals surface area contributed by atoms with E-state index in [4.69, 9.17) is 14.7 Å². The van der Waals surface area contributed by atoms with Crippen molar-refractivity contribution >= 4 is 23.1 Å². The SMILES string of the molecule is COc1cccc(C2/C(=C(/O)c3cccc(OCC(C)C)c3)C(=O)C(=O)N2c2ccc(C#N)cc2)c1. The van der Waals surface area contributed by atoms with E-state index in [-0.39, 0.29) is 11.3 Å². The number of nitrogens with zero attached hydrogens (tertiary/aromatic N) is 2. The van der Waals surface area contributed by atoms with Crippen LogP contribution in [0.25, 0.3) is 5.76 Å². The molecule has 3 aromatic carbocycles. The molecule has 0 saturated carbocycles. The molecule has 4 rings (SSSR count). The fourth-order valence-electron chi connectivity index (χ4n) is 4.07. The maximum Gasteiger partial charge on any atom is 0.300 e. The molecule has 7 nitrogen and oxygen atoms in total. The van der Waals surface area contributed by atoms with E-state index >= 15 is 0 Å². The Labute approximate surface area is 209 Å². The fraction of sp³-hybridized carbons (Fsp3) is 0.207. The smallest absolute Gasteiger partial charge is 0.300 e. The summed E-state index contributed by atoms with van der Waals surface area (Å²) in [7, 11) is 1.53. The van der Waals surface area contributed by atoms with Crippen LogP contribution in [0.3, 0.4) is 0 Å². The van der Waals surface area contributed by atoms with E-state index < -0.39 is 17.7 Å². The molecular weight excluding hydrogens is 456 g/mol. The highest BCUT2D eigenvalue weighted by atomic mass is 16.5. The third-order valence-corrected chi connectivity index (χ3v) is 5.82. The van der Waals surface area contributed by atoms with E-state index in [1.807, 2.05) is 19.9 Å². The number of methoxy groups -OCH3 is 1. The molecule has 1 atom stereocenters. The van der Waals surface area contributed by atoms with Gasteiger partial charge in [-0.2, -0.15) is 5.26 Å². The Morgan fingerprint density at radius 2 is 1.72 bits per heavy atom. The zero-order chi connectivity index (χ0) is 25.8. The topological polar surface area (TPSA) is 99.9 Å². The van der Waals surface area contributed by atoms with Crippen molar-refractivity contribution in [3.63, 3.8) is 0 Å². The molecule has 0 radical (unpaired) electrons. The summed E-state index contributed by atoms with van der Waals surface area (Å²) >= 11 is 0. The lowest BCUT2D eigenvalue weighted by Crippen LogP contribution is -2.29. The number of hydrogen-bond acceptors (Lipinski definition) is 6. The first-order valence-corrected chi connectivity index (χ1v) is 11.5. The molecule has 1 fully saturated rings. The summed E-state index contributed by atoms with van der Waals surface area (Å²) in [6.45, 7) is 4.56. The predicted octanol–water partition coefficient (Wildman–Crippen LogP) is 5.23. The van der Waals surface area contributed by atoms with Gasteiger partial charge in [-0.3, -0.25) is 14.5 Å². The molecule has 0 aliphatic carbocycles. The summed E-state index contributed by atoms with van der Waals surface area (Å²) in [5, 5.41) is 20.5. The molecule has 1 saturated heterocycles. The second kappa shape index (κ2) is 10.4. The molecule has 7 heteroatoms. The van der Waals surface area contributed by atoms with Crippen LogP contribution in [0.4, 0.5) is 5.69 Å². The number of rotatable bonds is 7. The second-order valence-electron chi connectivity index (χ2n) is 8.84. The summed E-state index contributed by atoms with van der Waals surface area (Å²) in [5.74, 6) is -0.478. The molecule has 3 aromatic rings. The minimum absolute atomic E-state index is 0.0429. The molecule has 0 bridgehead atoms. The first kappa shape index (κ1) is 24.6. The Hall–Kier alpha value is -4.57. The van der Waals surface area contributed by atoms with E-state index in [9.17, 15) is 14.7 Å². The van der Waals surface area contributed by atoms with Crippen LogP contribution in [0.2, 0.25) is 0 Å². The third kappa shape index (κ3) is 4.80. The van der Waals surface area contributed by atoms with Crippen LogP contribution in [-0.2, 0) is 9.59 Å². The van der Waals surface area contributed by atoms with Gasteiger partial charge in [-0.05, 0) is 60.0 Å². The van der Waals surface area contributed by atoms with Crippen molar-refractivity contribution in [3.05, 3.63) is 95.1 Å². The van der Waals surface area contributed by atoms with Crippen molar-refractivity contribution in [2.75, 3.05) is 18.6 Å². The number of aliphatic hydroxyl groups is 1. The fourth-order valence-corrected chi connectivity index (χ4v) is 4.07. The number of ketones is 1. The van der Waals surface area contributed by atoms with Crippen LogP contribution in [-0.4, -0.2) is 30.5 Å². The third-order valence-electron chi connectivity index (χ3n) is 5.82. The lowest BCUT2D eigenvalue weighted by Gasteiger charge is -2.25. The van der Waals surface area contributed by atoms with Gasteiger partial charge in [-0.15, -0.1) is 0 Å². The summed E-state index contributed by atoms with van der Waals surface area (Å²) in [5.41, 5.74) is 1.76. The summed E-state index contributed by atoms with van der Waals surface area (Å²) in [4.78, 5) is 28.0. The zero-order valence-electron chi connectivity index (χ0n) is 20.3. The Kier molecular flexibility index (Phi) is 7.07. The van der Waals surface area contributed by atoms with Gasteiger partial charge in [0.25, 0.3) is 11.7 Å². The van der Waals surface area contributed by atoms with Crippen molar-refractivity contribution in [2.45, 2.75) is 19.9 Å². The van der Waals surface area contributed by atoms with Crippen molar-refractivity contribution < 1.29 is 24.2 Å². The number of anilines is 1. The summed E-state index contributed by atoms with van der Waals surface area (Å²) < 4.78 is 11.1. The van der Waals surface area contributed by atoms with Gasteiger partial charge in [0, 0.05) is 11.3 Å². The maximum atomic E-state index is 13.3. The molecule has 1 aliphatic rings. The van der Waals surface area contributed by atoms with Crippen molar-refractivity contribution in [2.24, 2.45) is 5.92 Å². The van der Waals surface area contributed by atoms with Gasteiger partial charge in [0.2, 0.25) is 0 Å². The van der Waals surface area contributed by atoms with E-state index in [1.54, 1.807) is 72.8 Å². The highest BCUT2D eigenvalue weighted by molar-refractivity contribution is 6.51. The number of nitriles is 1. The summed E-state index contributed by atoms with van der Waals surface area (Å²) in [6.07, 6.45) is 0. The van der Waals surface area contributed by atoms with Gasteiger partial charge in [0.05, 0.1) is 37.0 Å². The van der Waals surface area contributed by atoms with Gasteiger partial charge >= 0.3 is 0 Å². The monoisotopic (exact) mass is 482 g/mol. The molecule has 1 heterocycles. The number of benzene rings is 3. The quantitative estimate of drug-likeness (QED) is 0.281. The highest BCUT2D eigenvalue weighted by Crippen LogP contribution is 2.43. The number of Topliss-reactive ketones (excluding diaryl/α,β-unsaturated/α-hetero) is 1. The summed E-state index contributed by atoms with van der Waals surface area (Å²) in [6, 6.07) is 21.3. The molecule has 1 unspecified atom stereocenters. The van der Waals surface area contributed by atoms with Gasteiger partial charge < -0.3 is 14.6 Å². The molecule has 0 aromatic heterocycles. The Balaban J connectivity index is 1.87. The maximum absolute atomic E-state index is 13.3. The number of ether oxygens (including phenoxy) is 2. The van der Waals surface area contributed by atoms with Crippen LogP contribution in [0.15, 0.2) is 78.4 Å². The Morgan fingerprint density at radius 3 is 2.39 bits per heavy atom. The van der Waals surface area contributed by atoms with Crippen LogP contribution in [0, 0.1) is 17.2 Å². The van der Waals surface area contributed by atoms with Gasteiger partial charge in [-0.25, -0.2) is 0 Å². The van der Waals surface area contributed by atoms with E-state index in [1.165, 1.54) is 12.0 Å². The molecule has 1 aliphatic heterocycles. The predicted molar refractivity (Wildman–Crippen MR) is 136 cm³/mol. The Bertz CT molecular complexity index is 1370. The molecule has 182 valence electrons. The zero-order valence-corrected chi connectivity index (χ0v) is 20.3. The first-order chi connectivity index (χ1) is 17.3. The van der Waals surface area contributed by atoms with Crippen LogP contribution >= 0.6 is 0 Å². The molecule has 36 heavy (non-hydrogen) atoms. The number of amides is 1. The van der Waals surface area contributed by atoms with E-state index in [0.29, 0.717) is 46.4 Å². The molecule has 1 N–H and O–H groups in total. The second-order valence-corrected chi connectivity index (χ2v) is 8.84. The lowest BCUT2D eigenvalue weighted by molar-refractivity contribution is -0.132. The number of hydrogen-bond donors (Lipinski definition) is 1. The Morgan fingerprint density at radius 1 is 1.03 bits per heavy atom. The van der Waals surface area contributed by atoms with Crippen LogP contribution < -0.4 is 14.4 Å². The minimum atomic E-state index is -0.909. The van der Waals surface area contributed by atoms with E-state index in [0.717, 1.165) is 0 Å². The van der Waals surface area contributed by atoms with E-state index in [2.05, 4.69) is 0 Å². The van der Waals surface area contributed by atoms with Gasteiger partial charge in [0.15, 0.2) is 0 Å². The molecule has 0 spiro atoms. The molecule has 1 amide bonds. The van der Waals surface area contributed by atoms with Crippen molar-refractivity contribution in [3.8, 4) is 17.6 Å². The van der Waals surface area contributed by atoms with Crippen molar-refractivity contribution in [1.29, 1.82) is 5.26 Å². The number of aliphatic hydroxyl groups excluding tert-OH is 1. The first-order valence-electron chi connectivity index (χ1n) is 11.5. The van der Waals surface area contributed by atoms with Crippen LogP contribution in [0.1, 0.15) is 36.6 Å². The normalized spacial score (nSPS) is 16.8. The average Bonchev–Trinajstić information content (AvgIpc) is 3.17. The van der Waals surface area contributed by atoms with Gasteiger partial charge in [0.1, 0.15) is 17.3 Å². The van der Waals surface area contributed by atoms with Crippen LogP contribution in [0.5, 0.6) is 11.5 Å². The number of carbonyl (C=O) groups excluding carboxylic acids is 2. The average molecular weight is 483 g/mol. The lowest BCUT2D eigenvalue weighted by atomic mass is 9.95. The molecular formula is C29H26N2O5. The standard InChI is InChI=1S/C29H26N2O5/c1-18(2)17-36-24-9-5-7-21(15-24)27(32)25-26(20-6-4-8-23(14-20)35-3)31(29(34)28(25)33)22-12-10-19(16-30)11-13-22/h4-15,18,26,32H,17H2,1-3H3/b27-25-. The van der Waals surface area contributed by atoms with Gasteiger partial charge in [-0.1, -0.05) is 38.1 Å². The van der Waals surface area contributed by atoms with Crippen molar-refractivity contribution in [1.82, 2.24) is 0 Å².